The number of halogens is 3. The molecule has 0 saturated carbocycles. The fraction of sp³-hybridized carbons (Fsp3) is 0.889. The first-order chi connectivity index (χ1) is 6.37. The molecule has 0 aromatic carbocycles. The van der Waals surface area contributed by atoms with E-state index in [1.54, 1.807) is 0 Å². The number of hydrogen-bond acceptors (Lipinski definition) is 2. The number of carbonyl (C=O) groups is 1. The predicted molar refractivity (Wildman–Crippen MR) is 47.3 cm³/mol. The molecule has 90 valence electrons. The third-order valence-corrected chi connectivity index (χ3v) is 1.79. The summed E-state index contributed by atoms with van der Waals surface area (Å²) in [6, 6.07) is 0. The van der Waals surface area contributed by atoms with Crippen LogP contribution in [-0.4, -0.2) is 28.0 Å². The minimum atomic E-state index is -4.93. The van der Waals surface area contributed by atoms with Gasteiger partial charge < -0.3 is 10.2 Å². The van der Waals surface area contributed by atoms with Gasteiger partial charge in [-0.25, -0.2) is 0 Å². The SMILES string of the molecule is CC(C)(C)CC(O)(CC(=O)O)C(F)(F)F. The quantitative estimate of drug-likeness (QED) is 0.778. The minimum absolute atomic E-state index is 0.643. The maximum atomic E-state index is 12.5. The van der Waals surface area contributed by atoms with Crippen molar-refractivity contribution in [3.8, 4) is 0 Å². The van der Waals surface area contributed by atoms with Crippen molar-refractivity contribution in [3.05, 3.63) is 0 Å². The van der Waals surface area contributed by atoms with E-state index in [-0.39, 0.29) is 0 Å². The summed E-state index contributed by atoms with van der Waals surface area (Å²) in [5, 5.41) is 17.7. The molecule has 0 aliphatic rings. The van der Waals surface area contributed by atoms with E-state index < -0.39 is 36.0 Å². The summed E-state index contributed by atoms with van der Waals surface area (Å²) in [6.45, 7) is 4.52. The summed E-state index contributed by atoms with van der Waals surface area (Å²) in [4.78, 5) is 10.3. The van der Waals surface area contributed by atoms with Gasteiger partial charge in [0, 0.05) is 0 Å². The fourth-order valence-corrected chi connectivity index (χ4v) is 1.39. The molecule has 6 heteroatoms. The van der Waals surface area contributed by atoms with Crippen molar-refractivity contribution in [3.63, 3.8) is 0 Å². The van der Waals surface area contributed by atoms with Crippen LogP contribution in [0.2, 0.25) is 0 Å². The topological polar surface area (TPSA) is 57.5 Å². The molecule has 0 aromatic heterocycles. The Morgan fingerprint density at radius 2 is 1.60 bits per heavy atom. The molecule has 0 aliphatic carbocycles. The molecule has 0 fully saturated rings. The molecule has 0 heterocycles. The van der Waals surface area contributed by atoms with Crippen LogP contribution in [0.25, 0.3) is 0 Å². The normalized spacial score (nSPS) is 17.3. The highest BCUT2D eigenvalue weighted by molar-refractivity contribution is 5.68. The average Bonchev–Trinajstić information content (AvgIpc) is 1.75. The Hall–Kier alpha value is -0.780. The highest BCUT2D eigenvalue weighted by Gasteiger charge is 2.56. The average molecular weight is 228 g/mol. The summed E-state index contributed by atoms with van der Waals surface area (Å²) in [5.41, 5.74) is -3.96. The Bertz CT molecular complexity index is 242. The smallest absolute Gasteiger partial charge is 0.417 e. The second-order valence-electron chi connectivity index (χ2n) is 4.84. The van der Waals surface area contributed by atoms with Crippen molar-refractivity contribution >= 4 is 5.97 Å². The van der Waals surface area contributed by atoms with Gasteiger partial charge >= 0.3 is 12.1 Å². The van der Waals surface area contributed by atoms with E-state index in [0.717, 1.165) is 0 Å². The lowest BCUT2D eigenvalue weighted by Gasteiger charge is -2.34. The number of hydrogen-bond donors (Lipinski definition) is 2. The van der Waals surface area contributed by atoms with Crippen molar-refractivity contribution in [1.82, 2.24) is 0 Å². The summed E-state index contributed by atoms with van der Waals surface area (Å²) < 4.78 is 37.4. The summed E-state index contributed by atoms with van der Waals surface area (Å²) >= 11 is 0. The second-order valence-corrected chi connectivity index (χ2v) is 4.84. The van der Waals surface area contributed by atoms with Crippen LogP contribution in [0.4, 0.5) is 13.2 Å². The van der Waals surface area contributed by atoms with Gasteiger partial charge in [0.15, 0.2) is 5.60 Å². The van der Waals surface area contributed by atoms with Gasteiger partial charge in [-0.1, -0.05) is 20.8 Å². The zero-order valence-corrected chi connectivity index (χ0v) is 8.85. The van der Waals surface area contributed by atoms with E-state index in [2.05, 4.69) is 0 Å². The summed E-state index contributed by atoms with van der Waals surface area (Å²) in [7, 11) is 0. The molecule has 0 aliphatic heterocycles. The zero-order chi connectivity index (χ0) is 12.5. The van der Waals surface area contributed by atoms with E-state index in [0.29, 0.717) is 0 Å². The van der Waals surface area contributed by atoms with E-state index in [1.807, 2.05) is 0 Å². The Morgan fingerprint density at radius 3 is 1.80 bits per heavy atom. The number of aliphatic hydroxyl groups is 1. The molecular formula is C9H15F3O3. The molecule has 0 aromatic rings. The number of carboxylic acids is 1. The summed E-state index contributed by atoms with van der Waals surface area (Å²) in [5.74, 6) is -1.67. The summed E-state index contributed by atoms with van der Waals surface area (Å²) in [6.07, 6.45) is -6.90. The highest BCUT2D eigenvalue weighted by Crippen LogP contribution is 2.41. The van der Waals surface area contributed by atoms with E-state index in [1.165, 1.54) is 20.8 Å². The Morgan fingerprint density at radius 1 is 1.20 bits per heavy atom. The van der Waals surface area contributed by atoms with Crippen LogP contribution in [0, 0.1) is 5.41 Å². The third-order valence-electron chi connectivity index (χ3n) is 1.79. The van der Waals surface area contributed by atoms with Crippen LogP contribution in [-0.2, 0) is 4.79 Å². The van der Waals surface area contributed by atoms with Gasteiger partial charge in [-0.3, -0.25) is 4.79 Å². The predicted octanol–water partition coefficient (Wildman–Crippen LogP) is 2.19. The molecule has 15 heavy (non-hydrogen) atoms. The van der Waals surface area contributed by atoms with Gasteiger partial charge in [-0.15, -0.1) is 0 Å². The zero-order valence-electron chi connectivity index (χ0n) is 8.85. The van der Waals surface area contributed by atoms with Crippen molar-refractivity contribution < 1.29 is 28.2 Å². The van der Waals surface area contributed by atoms with Crippen molar-refractivity contribution in [2.24, 2.45) is 5.41 Å². The molecule has 2 N–H and O–H groups in total. The number of rotatable bonds is 3. The molecule has 1 unspecified atom stereocenters. The number of alkyl halides is 3. The van der Waals surface area contributed by atoms with E-state index in [9.17, 15) is 23.1 Å². The first-order valence-corrected chi connectivity index (χ1v) is 4.38. The maximum Gasteiger partial charge on any atom is 0.417 e. The first kappa shape index (κ1) is 14.2. The van der Waals surface area contributed by atoms with E-state index in [4.69, 9.17) is 5.11 Å². The van der Waals surface area contributed by atoms with Gasteiger partial charge in [-0.05, 0) is 11.8 Å². The lowest BCUT2D eigenvalue weighted by Crippen LogP contribution is -2.49. The third kappa shape index (κ3) is 4.51. The lowest BCUT2D eigenvalue weighted by molar-refractivity contribution is -0.271. The first-order valence-electron chi connectivity index (χ1n) is 4.38. The Balaban J connectivity index is 4.96. The van der Waals surface area contributed by atoms with Crippen LogP contribution in [0.15, 0.2) is 0 Å². The number of carboxylic acid groups (broad SMARTS) is 1. The van der Waals surface area contributed by atoms with Crippen LogP contribution in [0.3, 0.4) is 0 Å². The Kier molecular flexibility index (Phi) is 3.79. The molecule has 3 nitrogen and oxygen atoms in total. The monoisotopic (exact) mass is 228 g/mol. The Labute approximate surface area is 85.9 Å². The van der Waals surface area contributed by atoms with Gasteiger partial charge in [-0.2, -0.15) is 13.2 Å². The van der Waals surface area contributed by atoms with Crippen LogP contribution in [0.1, 0.15) is 33.6 Å². The molecule has 0 saturated heterocycles. The molecular weight excluding hydrogens is 213 g/mol. The molecule has 0 rings (SSSR count). The van der Waals surface area contributed by atoms with Gasteiger partial charge in [0.2, 0.25) is 0 Å². The van der Waals surface area contributed by atoms with Gasteiger partial charge in [0.25, 0.3) is 0 Å². The van der Waals surface area contributed by atoms with Gasteiger partial charge in [0.05, 0.1) is 6.42 Å². The molecule has 1 atom stereocenters. The maximum absolute atomic E-state index is 12.5. The van der Waals surface area contributed by atoms with E-state index >= 15 is 0 Å². The van der Waals surface area contributed by atoms with Crippen LogP contribution < -0.4 is 0 Å². The fourth-order valence-electron chi connectivity index (χ4n) is 1.39. The molecule has 0 radical (unpaired) electrons. The highest BCUT2D eigenvalue weighted by atomic mass is 19.4. The van der Waals surface area contributed by atoms with Gasteiger partial charge in [0.1, 0.15) is 0 Å². The lowest BCUT2D eigenvalue weighted by atomic mass is 9.80. The van der Waals surface area contributed by atoms with Crippen molar-refractivity contribution in [1.29, 1.82) is 0 Å². The molecule has 0 bridgehead atoms. The van der Waals surface area contributed by atoms with Crippen LogP contribution >= 0.6 is 0 Å². The number of aliphatic carboxylic acids is 1. The standard InChI is InChI=1S/C9H15F3O3/c1-7(2,3)5-8(15,4-6(13)14)9(10,11)12/h15H,4-5H2,1-3H3,(H,13,14). The second kappa shape index (κ2) is 4.00. The van der Waals surface area contributed by atoms with Crippen molar-refractivity contribution in [2.75, 3.05) is 0 Å². The van der Waals surface area contributed by atoms with Crippen molar-refractivity contribution in [2.45, 2.75) is 45.4 Å². The van der Waals surface area contributed by atoms with Crippen LogP contribution in [0.5, 0.6) is 0 Å². The largest absolute Gasteiger partial charge is 0.481 e. The molecule has 0 spiro atoms. The minimum Gasteiger partial charge on any atom is -0.481 e. The molecule has 0 amide bonds.